The summed E-state index contributed by atoms with van der Waals surface area (Å²) < 4.78 is 0. The lowest BCUT2D eigenvalue weighted by Gasteiger charge is -2.34. The summed E-state index contributed by atoms with van der Waals surface area (Å²) in [5.41, 5.74) is 0.989. The summed E-state index contributed by atoms with van der Waals surface area (Å²) in [6, 6.07) is 4.12. The second-order valence-corrected chi connectivity index (χ2v) is 4.33. The standard InChI is InChI=1S/C12H21N5/c1-3-16-6-8-17(9-7-16)12-5-4-11(10-13-2)14-15-12/h4-5,13H,3,6-10H2,1-2H3. The summed E-state index contributed by atoms with van der Waals surface area (Å²) in [6.07, 6.45) is 0. The first-order chi connectivity index (χ1) is 8.33. The molecule has 5 nitrogen and oxygen atoms in total. The van der Waals surface area contributed by atoms with Crippen molar-refractivity contribution < 1.29 is 0 Å². The minimum Gasteiger partial charge on any atom is -0.353 e. The van der Waals surface area contributed by atoms with Crippen LogP contribution in [0.1, 0.15) is 12.6 Å². The van der Waals surface area contributed by atoms with E-state index in [4.69, 9.17) is 0 Å². The largest absolute Gasteiger partial charge is 0.353 e. The van der Waals surface area contributed by atoms with E-state index in [1.165, 1.54) is 0 Å². The third kappa shape index (κ3) is 3.14. The van der Waals surface area contributed by atoms with Crippen molar-refractivity contribution in [2.45, 2.75) is 13.5 Å². The van der Waals surface area contributed by atoms with Gasteiger partial charge in [0.05, 0.1) is 5.69 Å². The monoisotopic (exact) mass is 235 g/mol. The number of nitrogens with one attached hydrogen (secondary N) is 1. The molecule has 1 aliphatic heterocycles. The van der Waals surface area contributed by atoms with Crippen LogP contribution in [0.25, 0.3) is 0 Å². The third-order valence-electron chi connectivity index (χ3n) is 3.21. The van der Waals surface area contributed by atoms with Crippen molar-refractivity contribution in [1.29, 1.82) is 0 Å². The maximum Gasteiger partial charge on any atom is 0.151 e. The number of hydrogen-bond acceptors (Lipinski definition) is 5. The van der Waals surface area contributed by atoms with E-state index in [-0.39, 0.29) is 0 Å². The summed E-state index contributed by atoms with van der Waals surface area (Å²) in [5, 5.41) is 11.6. The Balaban J connectivity index is 1.94. The fourth-order valence-corrected chi connectivity index (χ4v) is 2.09. The van der Waals surface area contributed by atoms with Crippen LogP contribution in [0.15, 0.2) is 12.1 Å². The van der Waals surface area contributed by atoms with Gasteiger partial charge in [0.25, 0.3) is 0 Å². The maximum atomic E-state index is 4.29. The predicted molar refractivity (Wildman–Crippen MR) is 69.1 cm³/mol. The average molecular weight is 235 g/mol. The summed E-state index contributed by atoms with van der Waals surface area (Å²) >= 11 is 0. The third-order valence-corrected chi connectivity index (χ3v) is 3.21. The molecule has 0 spiro atoms. The zero-order valence-electron chi connectivity index (χ0n) is 10.7. The Bertz CT molecular complexity index is 329. The molecule has 2 rings (SSSR count). The van der Waals surface area contributed by atoms with Crippen LogP contribution < -0.4 is 10.2 Å². The number of anilines is 1. The minimum absolute atomic E-state index is 0.775. The van der Waals surface area contributed by atoms with Gasteiger partial charge in [-0.15, -0.1) is 5.10 Å². The average Bonchev–Trinajstić information content (AvgIpc) is 2.40. The van der Waals surface area contributed by atoms with E-state index in [0.29, 0.717) is 0 Å². The van der Waals surface area contributed by atoms with E-state index in [9.17, 15) is 0 Å². The van der Waals surface area contributed by atoms with Crippen LogP contribution in [0.2, 0.25) is 0 Å². The normalized spacial score (nSPS) is 17.4. The minimum atomic E-state index is 0.775. The molecule has 0 aliphatic carbocycles. The number of hydrogen-bond donors (Lipinski definition) is 1. The van der Waals surface area contributed by atoms with Gasteiger partial charge in [0.15, 0.2) is 5.82 Å². The van der Waals surface area contributed by atoms with Crippen molar-refractivity contribution in [3.8, 4) is 0 Å². The van der Waals surface area contributed by atoms with Crippen LogP contribution in [-0.2, 0) is 6.54 Å². The van der Waals surface area contributed by atoms with E-state index in [1.807, 2.05) is 13.1 Å². The molecule has 0 atom stereocenters. The number of likely N-dealkylation sites (N-methyl/N-ethyl adjacent to an activating group) is 1. The zero-order chi connectivity index (χ0) is 12.1. The first kappa shape index (κ1) is 12.3. The van der Waals surface area contributed by atoms with E-state index in [2.05, 4.69) is 38.3 Å². The second kappa shape index (κ2) is 5.93. The van der Waals surface area contributed by atoms with E-state index in [0.717, 1.165) is 50.8 Å². The van der Waals surface area contributed by atoms with Gasteiger partial charge in [-0.1, -0.05) is 6.92 Å². The summed E-state index contributed by atoms with van der Waals surface area (Å²) in [6.45, 7) is 8.47. The van der Waals surface area contributed by atoms with E-state index < -0.39 is 0 Å². The van der Waals surface area contributed by atoms with Gasteiger partial charge in [0, 0.05) is 32.7 Å². The Hall–Kier alpha value is -1.20. The summed E-state index contributed by atoms with van der Waals surface area (Å²) in [4.78, 5) is 4.77. The van der Waals surface area contributed by atoms with Gasteiger partial charge in [0.1, 0.15) is 0 Å². The number of piperazine rings is 1. The molecule has 0 aromatic carbocycles. The van der Waals surface area contributed by atoms with E-state index in [1.54, 1.807) is 0 Å². The molecule has 0 unspecified atom stereocenters. The Morgan fingerprint density at radius 1 is 1.18 bits per heavy atom. The molecule has 2 heterocycles. The van der Waals surface area contributed by atoms with Crippen LogP contribution in [0.4, 0.5) is 5.82 Å². The molecule has 1 aliphatic rings. The second-order valence-electron chi connectivity index (χ2n) is 4.33. The maximum absolute atomic E-state index is 4.29. The highest BCUT2D eigenvalue weighted by Gasteiger charge is 2.16. The van der Waals surface area contributed by atoms with Gasteiger partial charge in [-0.25, -0.2) is 0 Å². The molecule has 94 valence electrons. The fourth-order valence-electron chi connectivity index (χ4n) is 2.09. The summed E-state index contributed by atoms with van der Waals surface area (Å²) in [5.74, 6) is 1.00. The molecule has 0 amide bonds. The van der Waals surface area contributed by atoms with Gasteiger partial charge >= 0.3 is 0 Å². The first-order valence-corrected chi connectivity index (χ1v) is 6.28. The molecule has 0 radical (unpaired) electrons. The Labute approximate surface area is 103 Å². The van der Waals surface area contributed by atoms with Gasteiger partial charge < -0.3 is 15.1 Å². The van der Waals surface area contributed by atoms with Gasteiger partial charge in [-0.3, -0.25) is 0 Å². The molecule has 1 N–H and O–H groups in total. The van der Waals surface area contributed by atoms with Crippen LogP contribution in [0.3, 0.4) is 0 Å². The van der Waals surface area contributed by atoms with Gasteiger partial charge in [-0.05, 0) is 25.7 Å². The first-order valence-electron chi connectivity index (χ1n) is 6.28. The van der Waals surface area contributed by atoms with Crippen molar-refractivity contribution in [3.63, 3.8) is 0 Å². The van der Waals surface area contributed by atoms with Crippen LogP contribution in [0, 0.1) is 0 Å². The fraction of sp³-hybridized carbons (Fsp3) is 0.667. The topological polar surface area (TPSA) is 44.3 Å². The highest BCUT2D eigenvalue weighted by molar-refractivity contribution is 5.37. The molecular formula is C12H21N5. The molecular weight excluding hydrogens is 214 g/mol. The van der Waals surface area contributed by atoms with Crippen LogP contribution >= 0.6 is 0 Å². The van der Waals surface area contributed by atoms with Crippen molar-refractivity contribution in [2.75, 3.05) is 44.7 Å². The Morgan fingerprint density at radius 2 is 1.94 bits per heavy atom. The van der Waals surface area contributed by atoms with Crippen molar-refractivity contribution in [3.05, 3.63) is 17.8 Å². The number of nitrogens with zero attached hydrogens (tertiary/aromatic N) is 4. The zero-order valence-corrected chi connectivity index (χ0v) is 10.7. The van der Waals surface area contributed by atoms with Crippen LogP contribution in [0.5, 0.6) is 0 Å². The molecule has 1 fully saturated rings. The lowest BCUT2D eigenvalue weighted by atomic mass is 10.3. The quantitative estimate of drug-likeness (QED) is 0.815. The molecule has 1 saturated heterocycles. The molecule has 17 heavy (non-hydrogen) atoms. The molecule has 0 bridgehead atoms. The van der Waals surface area contributed by atoms with Crippen molar-refractivity contribution >= 4 is 5.82 Å². The Morgan fingerprint density at radius 3 is 2.47 bits per heavy atom. The van der Waals surface area contributed by atoms with Crippen molar-refractivity contribution in [2.24, 2.45) is 0 Å². The highest BCUT2D eigenvalue weighted by atomic mass is 15.3. The number of aromatic nitrogens is 2. The predicted octanol–water partition coefficient (Wildman–Crippen LogP) is 0.338. The Kier molecular flexibility index (Phi) is 4.28. The molecule has 1 aromatic heterocycles. The van der Waals surface area contributed by atoms with Crippen LogP contribution in [-0.4, -0.2) is 54.9 Å². The number of rotatable bonds is 4. The van der Waals surface area contributed by atoms with Crippen molar-refractivity contribution in [1.82, 2.24) is 20.4 Å². The smallest absolute Gasteiger partial charge is 0.151 e. The van der Waals surface area contributed by atoms with Gasteiger partial charge in [-0.2, -0.15) is 5.10 Å². The lowest BCUT2D eigenvalue weighted by Crippen LogP contribution is -2.46. The van der Waals surface area contributed by atoms with Gasteiger partial charge in [0.2, 0.25) is 0 Å². The summed E-state index contributed by atoms with van der Waals surface area (Å²) in [7, 11) is 1.92. The molecule has 5 heteroatoms. The highest BCUT2D eigenvalue weighted by Crippen LogP contribution is 2.12. The molecule has 1 aromatic rings. The lowest BCUT2D eigenvalue weighted by molar-refractivity contribution is 0.270. The molecule has 0 saturated carbocycles. The SMILES string of the molecule is CCN1CCN(c2ccc(CNC)nn2)CC1. The van der Waals surface area contributed by atoms with E-state index >= 15 is 0 Å².